The van der Waals surface area contributed by atoms with Crippen molar-refractivity contribution in [1.29, 1.82) is 0 Å². The molecule has 1 heterocycles. The number of carbonyl (C=O) groups excluding carboxylic acids is 1. The third-order valence-corrected chi connectivity index (χ3v) is 2.80. The van der Waals surface area contributed by atoms with Crippen molar-refractivity contribution in [2.75, 3.05) is 12.3 Å². The summed E-state index contributed by atoms with van der Waals surface area (Å²) in [5.41, 5.74) is 7.58. The first-order valence-electron chi connectivity index (χ1n) is 5.89. The summed E-state index contributed by atoms with van der Waals surface area (Å²) in [5, 5.41) is 0. The monoisotopic (exact) mass is 235 g/mol. The Bertz CT molecular complexity index is 417. The standard InChI is InChI=1S/C13H17NO3/c1-2-16-13(15)6-4-11-8-9-7-10(14)3-5-12(9)17-11/h3,5,7,11H,2,4,6,8,14H2,1H3. The van der Waals surface area contributed by atoms with E-state index in [1.807, 2.05) is 25.1 Å². The SMILES string of the molecule is CCOC(=O)CCC1Cc2cc(N)ccc2O1. The first-order chi connectivity index (χ1) is 8.19. The van der Waals surface area contributed by atoms with Gasteiger partial charge >= 0.3 is 5.97 Å². The van der Waals surface area contributed by atoms with Crippen LogP contribution in [0, 0.1) is 0 Å². The summed E-state index contributed by atoms with van der Waals surface area (Å²) in [6.07, 6.45) is 1.98. The Balaban J connectivity index is 1.86. The number of nitrogen functional groups attached to an aromatic ring is 1. The Hall–Kier alpha value is -1.71. The molecule has 4 nitrogen and oxygen atoms in total. The van der Waals surface area contributed by atoms with Gasteiger partial charge in [-0.05, 0) is 37.1 Å². The largest absolute Gasteiger partial charge is 0.490 e. The zero-order valence-corrected chi connectivity index (χ0v) is 9.94. The highest BCUT2D eigenvalue weighted by atomic mass is 16.5. The first-order valence-corrected chi connectivity index (χ1v) is 5.89. The molecule has 1 atom stereocenters. The van der Waals surface area contributed by atoms with E-state index in [0.29, 0.717) is 19.4 Å². The molecule has 1 aliphatic rings. The molecule has 0 radical (unpaired) electrons. The molecule has 1 unspecified atom stereocenters. The zero-order chi connectivity index (χ0) is 12.3. The third kappa shape index (κ3) is 2.90. The van der Waals surface area contributed by atoms with E-state index in [0.717, 1.165) is 23.4 Å². The van der Waals surface area contributed by atoms with Gasteiger partial charge in [-0.1, -0.05) is 0 Å². The normalized spacial score (nSPS) is 17.4. The molecular formula is C13H17NO3. The molecule has 0 aromatic heterocycles. The second kappa shape index (κ2) is 5.08. The summed E-state index contributed by atoms with van der Waals surface area (Å²) < 4.78 is 10.6. The van der Waals surface area contributed by atoms with Crippen molar-refractivity contribution in [3.05, 3.63) is 23.8 Å². The van der Waals surface area contributed by atoms with Crippen LogP contribution in [0.2, 0.25) is 0 Å². The van der Waals surface area contributed by atoms with Crippen LogP contribution in [0.1, 0.15) is 25.3 Å². The molecule has 17 heavy (non-hydrogen) atoms. The molecule has 0 bridgehead atoms. The van der Waals surface area contributed by atoms with Crippen LogP contribution in [0.5, 0.6) is 5.75 Å². The average Bonchev–Trinajstić information content (AvgIpc) is 2.68. The van der Waals surface area contributed by atoms with Gasteiger partial charge in [-0.25, -0.2) is 0 Å². The highest BCUT2D eigenvalue weighted by molar-refractivity contribution is 5.69. The van der Waals surface area contributed by atoms with Gasteiger partial charge in [0.2, 0.25) is 0 Å². The van der Waals surface area contributed by atoms with Crippen LogP contribution < -0.4 is 10.5 Å². The molecule has 92 valence electrons. The summed E-state index contributed by atoms with van der Waals surface area (Å²) in [6, 6.07) is 5.64. The Morgan fingerprint density at radius 3 is 3.18 bits per heavy atom. The number of carbonyl (C=O) groups is 1. The lowest BCUT2D eigenvalue weighted by Crippen LogP contribution is -2.15. The van der Waals surface area contributed by atoms with E-state index in [4.69, 9.17) is 15.2 Å². The number of ether oxygens (including phenoxy) is 2. The molecule has 1 aliphatic heterocycles. The predicted molar refractivity (Wildman–Crippen MR) is 64.8 cm³/mol. The van der Waals surface area contributed by atoms with E-state index in [-0.39, 0.29) is 12.1 Å². The Morgan fingerprint density at radius 2 is 2.41 bits per heavy atom. The zero-order valence-electron chi connectivity index (χ0n) is 9.94. The second-order valence-electron chi connectivity index (χ2n) is 4.15. The van der Waals surface area contributed by atoms with Crippen molar-refractivity contribution in [3.8, 4) is 5.75 Å². The van der Waals surface area contributed by atoms with Gasteiger partial charge in [-0.2, -0.15) is 0 Å². The topological polar surface area (TPSA) is 61.5 Å². The van der Waals surface area contributed by atoms with Gasteiger partial charge in [0, 0.05) is 18.5 Å². The minimum Gasteiger partial charge on any atom is -0.490 e. The lowest BCUT2D eigenvalue weighted by Gasteiger charge is -2.09. The van der Waals surface area contributed by atoms with Crippen molar-refractivity contribution in [2.45, 2.75) is 32.3 Å². The van der Waals surface area contributed by atoms with E-state index in [1.54, 1.807) is 0 Å². The van der Waals surface area contributed by atoms with Crippen molar-refractivity contribution in [3.63, 3.8) is 0 Å². The number of hydrogen-bond acceptors (Lipinski definition) is 4. The van der Waals surface area contributed by atoms with Crippen LogP contribution in [-0.2, 0) is 16.0 Å². The van der Waals surface area contributed by atoms with Gasteiger partial charge in [0.05, 0.1) is 6.61 Å². The van der Waals surface area contributed by atoms with Gasteiger partial charge in [0.15, 0.2) is 0 Å². The van der Waals surface area contributed by atoms with Crippen LogP contribution in [0.15, 0.2) is 18.2 Å². The smallest absolute Gasteiger partial charge is 0.305 e. The maximum atomic E-state index is 11.2. The van der Waals surface area contributed by atoms with Gasteiger partial charge < -0.3 is 15.2 Å². The van der Waals surface area contributed by atoms with Crippen molar-refractivity contribution < 1.29 is 14.3 Å². The van der Waals surface area contributed by atoms with Gasteiger partial charge in [-0.3, -0.25) is 4.79 Å². The molecule has 0 saturated heterocycles. The molecule has 2 rings (SSSR count). The van der Waals surface area contributed by atoms with Crippen LogP contribution in [0.25, 0.3) is 0 Å². The van der Waals surface area contributed by atoms with Crippen LogP contribution in [0.4, 0.5) is 5.69 Å². The molecule has 2 N–H and O–H groups in total. The van der Waals surface area contributed by atoms with Crippen molar-refractivity contribution in [2.24, 2.45) is 0 Å². The summed E-state index contributed by atoms with van der Waals surface area (Å²) in [7, 11) is 0. The first kappa shape index (κ1) is 11.8. The summed E-state index contributed by atoms with van der Waals surface area (Å²) >= 11 is 0. The summed E-state index contributed by atoms with van der Waals surface area (Å²) in [5.74, 6) is 0.722. The fourth-order valence-electron chi connectivity index (χ4n) is 2.01. The molecule has 0 spiro atoms. The Kier molecular flexibility index (Phi) is 3.52. The molecule has 4 heteroatoms. The molecular weight excluding hydrogens is 218 g/mol. The Morgan fingerprint density at radius 1 is 1.59 bits per heavy atom. The van der Waals surface area contributed by atoms with E-state index in [2.05, 4.69) is 0 Å². The van der Waals surface area contributed by atoms with Gasteiger partial charge in [0.25, 0.3) is 0 Å². The van der Waals surface area contributed by atoms with E-state index in [9.17, 15) is 4.79 Å². The van der Waals surface area contributed by atoms with Gasteiger partial charge in [-0.15, -0.1) is 0 Å². The molecule has 0 fully saturated rings. The maximum Gasteiger partial charge on any atom is 0.305 e. The van der Waals surface area contributed by atoms with Crippen molar-refractivity contribution in [1.82, 2.24) is 0 Å². The number of nitrogens with two attached hydrogens (primary N) is 1. The lowest BCUT2D eigenvalue weighted by atomic mass is 10.1. The number of hydrogen-bond donors (Lipinski definition) is 1. The van der Waals surface area contributed by atoms with E-state index in [1.165, 1.54) is 0 Å². The van der Waals surface area contributed by atoms with Gasteiger partial charge in [0.1, 0.15) is 11.9 Å². The quantitative estimate of drug-likeness (QED) is 0.639. The summed E-state index contributed by atoms with van der Waals surface area (Å²) in [6.45, 7) is 2.24. The minimum absolute atomic E-state index is 0.0659. The fourth-order valence-corrected chi connectivity index (χ4v) is 2.01. The summed E-state index contributed by atoms with van der Waals surface area (Å²) in [4.78, 5) is 11.2. The highest BCUT2D eigenvalue weighted by Crippen LogP contribution is 2.31. The number of rotatable bonds is 4. The number of fused-ring (bicyclic) bond motifs is 1. The molecule has 0 amide bonds. The van der Waals surface area contributed by atoms with Crippen LogP contribution in [0.3, 0.4) is 0 Å². The lowest BCUT2D eigenvalue weighted by molar-refractivity contribution is -0.143. The van der Waals surface area contributed by atoms with Crippen molar-refractivity contribution >= 4 is 11.7 Å². The van der Waals surface area contributed by atoms with Crippen LogP contribution >= 0.6 is 0 Å². The van der Waals surface area contributed by atoms with E-state index >= 15 is 0 Å². The fraction of sp³-hybridized carbons (Fsp3) is 0.462. The molecule has 0 saturated carbocycles. The van der Waals surface area contributed by atoms with E-state index < -0.39 is 0 Å². The minimum atomic E-state index is -0.161. The maximum absolute atomic E-state index is 11.2. The number of esters is 1. The highest BCUT2D eigenvalue weighted by Gasteiger charge is 2.23. The third-order valence-electron chi connectivity index (χ3n) is 2.80. The molecule has 1 aromatic carbocycles. The average molecular weight is 235 g/mol. The second-order valence-corrected chi connectivity index (χ2v) is 4.15. The molecule has 0 aliphatic carbocycles. The van der Waals surface area contributed by atoms with Crippen LogP contribution in [-0.4, -0.2) is 18.7 Å². The number of benzene rings is 1. The molecule has 1 aromatic rings. The number of anilines is 1. The Labute approximate surface area is 101 Å². The predicted octanol–water partition coefficient (Wildman–Crippen LogP) is 1.92.